The molecular weight excluding hydrogens is 410 g/mol. The number of piperidine rings is 2. The molecule has 0 radical (unpaired) electrons. The molecule has 0 atom stereocenters. The Labute approximate surface area is 190 Å². The van der Waals surface area contributed by atoms with Gasteiger partial charge >= 0.3 is 0 Å². The zero-order valence-corrected chi connectivity index (χ0v) is 18.7. The fourth-order valence-electron chi connectivity index (χ4n) is 4.38. The van der Waals surface area contributed by atoms with Crippen molar-refractivity contribution in [3.05, 3.63) is 59.1 Å². The Balaban J connectivity index is 1.19. The second kappa shape index (κ2) is 11.0. The number of nitrogens with one attached hydrogen (secondary N) is 2. The van der Waals surface area contributed by atoms with Crippen molar-refractivity contribution in [1.82, 2.24) is 10.2 Å². The summed E-state index contributed by atoms with van der Waals surface area (Å²) in [5, 5.41) is 7.03. The second-order valence-electron chi connectivity index (χ2n) is 8.70. The zero-order chi connectivity index (χ0) is 21.5. The highest BCUT2D eigenvalue weighted by atomic mass is 35.5. The van der Waals surface area contributed by atoms with Gasteiger partial charge in [-0.1, -0.05) is 29.8 Å². The first kappa shape index (κ1) is 22.1. The smallest absolute Gasteiger partial charge is 0.227 e. The van der Waals surface area contributed by atoms with Crippen LogP contribution in [0.2, 0.25) is 5.02 Å². The third-order valence-electron chi connectivity index (χ3n) is 6.32. The van der Waals surface area contributed by atoms with E-state index in [0.717, 1.165) is 63.6 Å². The van der Waals surface area contributed by atoms with Gasteiger partial charge in [0.1, 0.15) is 5.75 Å². The van der Waals surface area contributed by atoms with E-state index in [0.29, 0.717) is 10.9 Å². The minimum absolute atomic E-state index is 0.0565. The van der Waals surface area contributed by atoms with Crippen LogP contribution in [-0.4, -0.2) is 43.6 Å². The van der Waals surface area contributed by atoms with E-state index < -0.39 is 0 Å². The molecule has 166 valence electrons. The highest BCUT2D eigenvalue weighted by Gasteiger charge is 2.25. The highest BCUT2D eigenvalue weighted by molar-refractivity contribution is 6.30. The molecule has 5 nitrogen and oxygen atoms in total. The molecule has 0 spiro atoms. The monoisotopic (exact) mass is 441 g/mol. The first-order valence-electron chi connectivity index (χ1n) is 11.4. The standard InChI is InChI=1S/C25H32ClN3O2/c26-22-2-1-3-23(16-22)28-25(30)21-10-14-29(15-11-21)17-19-4-6-24(7-5-19)31-18-20-8-12-27-13-9-20/h1-7,16,20-21,27H,8-15,17-18H2,(H,28,30). The summed E-state index contributed by atoms with van der Waals surface area (Å²) in [6.45, 7) is 5.80. The van der Waals surface area contributed by atoms with E-state index in [9.17, 15) is 4.79 Å². The van der Waals surface area contributed by atoms with Crippen molar-refractivity contribution in [1.29, 1.82) is 0 Å². The van der Waals surface area contributed by atoms with Gasteiger partial charge in [0.05, 0.1) is 6.61 Å². The van der Waals surface area contributed by atoms with Crippen molar-refractivity contribution in [3.8, 4) is 5.75 Å². The third-order valence-corrected chi connectivity index (χ3v) is 6.56. The molecular formula is C25H32ClN3O2. The van der Waals surface area contributed by atoms with Gasteiger partial charge in [-0.25, -0.2) is 0 Å². The molecule has 0 aromatic heterocycles. The zero-order valence-electron chi connectivity index (χ0n) is 18.0. The molecule has 1 amide bonds. The van der Waals surface area contributed by atoms with Gasteiger partial charge in [0.25, 0.3) is 0 Å². The van der Waals surface area contributed by atoms with Crippen molar-refractivity contribution < 1.29 is 9.53 Å². The number of amides is 1. The molecule has 4 rings (SSSR count). The number of carbonyl (C=O) groups is 1. The summed E-state index contributed by atoms with van der Waals surface area (Å²) in [5.41, 5.74) is 2.05. The largest absolute Gasteiger partial charge is 0.493 e. The lowest BCUT2D eigenvalue weighted by Crippen LogP contribution is -2.37. The minimum atomic E-state index is 0.0565. The number of ether oxygens (including phenoxy) is 1. The Morgan fingerprint density at radius 2 is 1.81 bits per heavy atom. The van der Waals surface area contributed by atoms with Gasteiger partial charge in [-0.2, -0.15) is 0 Å². The van der Waals surface area contributed by atoms with Crippen molar-refractivity contribution in [2.75, 3.05) is 38.1 Å². The predicted octanol–water partition coefficient (Wildman–Crippen LogP) is 4.57. The molecule has 0 unspecified atom stereocenters. The Morgan fingerprint density at radius 1 is 1.06 bits per heavy atom. The van der Waals surface area contributed by atoms with E-state index >= 15 is 0 Å². The van der Waals surface area contributed by atoms with Crippen LogP contribution in [0.1, 0.15) is 31.2 Å². The SMILES string of the molecule is O=C(Nc1cccc(Cl)c1)C1CCN(Cc2ccc(OCC3CCNCC3)cc2)CC1. The van der Waals surface area contributed by atoms with Gasteiger partial charge in [-0.3, -0.25) is 9.69 Å². The van der Waals surface area contributed by atoms with E-state index in [1.165, 1.54) is 18.4 Å². The van der Waals surface area contributed by atoms with Gasteiger partial charge < -0.3 is 15.4 Å². The molecule has 0 saturated carbocycles. The summed E-state index contributed by atoms with van der Waals surface area (Å²) in [6, 6.07) is 15.8. The van der Waals surface area contributed by atoms with Crippen LogP contribution >= 0.6 is 11.6 Å². The molecule has 2 heterocycles. The fourth-order valence-corrected chi connectivity index (χ4v) is 4.57. The number of halogens is 1. The Bertz CT molecular complexity index is 844. The van der Waals surface area contributed by atoms with Crippen LogP contribution in [0.15, 0.2) is 48.5 Å². The Morgan fingerprint density at radius 3 is 2.52 bits per heavy atom. The summed E-state index contributed by atoms with van der Waals surface area (Å²) < 4.78 is 5.99. The van der Waals surface area contributed by atoms with Crippen LogP contribution in [0.3, 0.4) is 0 Å². The van der Waals surface area contributed by atoms with Gasteiger partial charge in [-0.05, 0) is 93.7 Å². The maximum Gasteiger partial charge on any atom is 0.227 e. The number of hydrogen-bond acceptors (Lipinski definition) is 4. The molecule has 2 aromatic carbocycles. The molecule has 2 aromatic rings. The summed E-state index contributed by atoms with van der Waals surface area (Å²) in [7, 11) is 0. The lowest BCUT2D eigenvalue weighted by atomic mass is 9.95. The quantitative estimate of drug-likeness (QED) is 0.660. The van der Waals surface area contributed by atoms with Crippen molar-refractivity contribution in [3.63, 3.8) is 0 Å². The van der Waals surface area contributed by atoms with Crippen molar-refractivity contribution >= 4 is 23.2 Å². The maximum absolute atomic E-state index is 12.6. The number of likely N-dealkylation sites (tertiary alicyclic amines) is 1. The average molecular weight is 442 g/mol. The van der Waals surface area contributed by atoms with Gasteiger partial charge in [-0.15, -0.1) is 0 Å². The van der Waals surface area contributed by atoms with Gasteiger partial charge in [0.15, 0.2) is 0 Å². The number of nitrogens with zero attached hydrogens (tertiary/aromatic N) is 1. The maximum atomic E-state index is 12.6. The Kier molecular flexibility index (Phi) is 7.84. The summed E-state index contributed by atoms with van der Waals surface area (Å²) in [5.74, 6) is 1.77. The topological polar surface area (TPSA) is 53.6 Å². The van der Waals surface area contributed by atoms with E-state index in [1.54, 1.807) is 6.07 Å². The second-order valence-corrected chi connectivity index (χ2v) is 9.13. The number of anilines is 1. The van der Waals surface area contributed by atoms with Crippen LogP contribution < -0.4 is 15.4 Å². The third kappa shape index (κ3) is 6.70. The molecule has 31 heavy (non-hydrogen) atoms. The van der Waals surface area contributed by atoms with E-state index in [-0.39, 0.29) is 11.8 Å². The Hall–Kier alpha value is -2.08. The molecule has 0 bridgehead atoms. The first-order chi connectivity index (χ1) is 15.2. The van der Waals surface area contributed by atoms with Crippen LogP contribution in [0.5, 0.6) is 5.75 Å². The molecule has 2 N–H and O–H groups in total. The fraction of sp³-hybridized carbons (Fsp3) is 0.480. The lowest BCUT2D eigenvalue weighted by molar-refractivity contribution is -0.121. The normalized spacial score (nSPS) is 18.6. The van der Waals surface area contributed by atoms with Crippen LogP contribution in [0.25, 0.3) is 0 Å². The first-order valence-corrected chi connectivity index (χ1v) is 11.7. The molecule has 2 aliphatic rings. The summed E-state index contributed by atoms with van der Waals surface area (Å²) >= 11 is 6.00. The van der Waals surface area contributed by atoms with Gasteiger partial charge in [0.2, 0.25) is 5.91 Å². The van der Waals surface area contributed by atoms with Crippen molar-refractivity contribution in [2.24, 2.45) is 11.8 Å². The van der Waals surface area contributed by atoms with E-state index in [1.807, 2.05) is 18.2 Å². The number of rotatable bonds is 7. The summed E-state index contributed by atoms with van der Waals surface area (Å²) in [4.78, 5) is 15.0. The number of hydrogen-bond donors (Lipinski definition) is 2. The minimum Gasteiger partial charge on any atom is -0.493 e. The number of benzene rings is 2. The molecule has 2 saturated heterocycles. The molecule has 6 heteroatoms. The van der Waals surface area contributed by atoms with Crippen LogP contribution in [0.4, 0.5) is 5.69 Å². The number of carbonyl (C=O) groups excluding carboxylic acids is 1. The molecule has 2 aliphatic heterocycles. The van der Waals surface area contributed by atoms with Crippen LogP contribution in [-0.2, 0) is 11.3 Å². The predicted molar refractivity (Wildman–Crippen MR) is 126 cm³/mol. The highest BCUT2D eigenvalue weighted by Crippen LogP contribution is 2.23. The molecule has 2 fully saturated rings. The van der Waals surface area contributed by atoms with E-state index in [2.05, 4.69) is 39.8 Å². The summed E-state index contributed by atoms with van der Waals surface area (Å²) in [6.07, 6.45) is 4.16. The average Bonchev–Trinajstić information content (AvgIpc) is 2.80. The van der Waals surface area contributed by atoms with E-state index in [4.69, 9.17) is 16.3 Å². The lowest BCUT2D eigenvalue weighted by Gasteiger charge is -2.31. The van der Waals surface area contributed by atoms with Gasteiger partial charge in [0, 0.05) is 23.2 Å². The molecule has 0 aliphatic carbocycles. The van der Waals surface area contributed by atoms with Crippen LogP contribution in [0, 0.1) is 11.8 Å². The van der Waals surface area contributed by atoms with Crippen molar-refractivity contribution in [2.45, 2.75) is 32.2 Å².